The first-order valence-corrected chi connectivity index (χ1v) is 10.8. The van der Waals surface area contributed by atoms with Crippen molar-refractivity contribution in [3.8, 4) is 23.5 Å². The van der Waals surface area contributed by atoms with Gasteiger partial charge in [0, 0.05) is 12.3 Å². The maximum absolute atomic E-state index is 14.1. The Morgan fingerprint density at radius 2 is 1.66 bits per heavy atom. The number of rotatable bonds is 7. The lowest BCUT2D eigenvalue weighted by atomic mass is 9.98. The molecule has 0 heterocycles. The van der Waals surface area contributed by atoms with Crippen LogP contribution < -0.4 is 10.6 Å². The Balaban J connectivity index is 1.43. The minimum absolute atomic E-state index is 0.0412. The average molecular weight is 472 g/mol. The summed E-state index contributed by atoms with van der Waals surface area (Å²) in [6.07, 6.45) is 4.29. The number of amides is 2. The SMILES string of the molecule is C#CCC(NC(=O)OCC1c2ccccc2-c2ccccc21)C(=O)Nc1cc(C(=O)O)ccc1F. The predicted octanol–water partition coefficient (Wildman–Crippen LogP) is 4.39. The van der Waals surface area contributed by atoms with Gasteiger partial charge in [-0.05, 0) is 40.5 Å². The average Bonchev–Trinajstić information content (AvgIpc) is 3.17. The van der Waals surface area contributed by atoms with E-state index in [2.05, 4.69) is 16.6 Å². The van der Waals surface area contributed by atoms with Crippen LogP contribution in [-0.2, 0) is 9.53 Å². The molecule has 35 heavy (non-hydrogen) atoms. The van der Waals surface area contributed by atoms with Crippen molar-refractivity contribution < 1.29 is 28.6 Å². The quantitative estimate of drug-likeness (QED) is 0.443. The second kappa shape index (κ2) is 10.1. The maximum atomic E-state index is 14.1. The highest BCUT2D eigenvalue weighted by molar-refractivity contribution is 5.98. The number of terminal acetylenes is 1. The molecule has 7 nitrogen and oxygen atoms in total. The van der Waals surface area contributed by atoms with Gasteiger partial charge in [0.2, 0.25) is 5.91 Å². The van der Waals surface area contributed by atoms with Crippen LogP contribution in [0, 0.1) is 18.2 Å². The molecule has 3 aromatic carbocycles. The normalized spacial score (nSPS) is 12.6. The number of carbonyl (C=O) groups excluding carboxylic acids is 2. The van der Waals surface area contributed by atoms with Crippen LogP contribution in [0.1, 0.15) is 33.8 Å². The Hall–Kier alpha value is -4.64. The minimum Gasteiger partial charge on any atom is -0.478 e. The predicted molar refractivity (Wildman–Crippen MR) is 127 cm³/mol. The molecule has 8 heteroatoms. The van der Waals surface area contributed by atoms with E-state index in [0.29, 0.717) is 0 Å². The summed E-state index contributed by atoms with van der Waals surface area (Å²) < 4.78 is 19.5. The van der Waals surface area contributed by atoms with E-state index in [1.807, 2.05) is 48.5 Å². The fourth-order valence-electron chi connectivity index (χ4n) is 4.08. The van der Waals surface area contributed by atoms with Crippen LogP contribution in [0.15, 0.2) is 66.7 Å². The van der Waals surface area contributed by atoms with Gasteiger partial charge < -0.3 is 20.5 Å². The number of anilines is 1. The highest BCUT2D eigenvalue weighted by Gasteiger charge is 2.30. The molecule has 1 aliphatic rings. The van der Waals surface area contributed by atoms with Gasteiger partial charge in [-0.1, -0.05) is 48.5 Å². The van der Waals surface area contributed by atoms with Gasteiger partial charge in [0.15, 0.2) is 0 Å². The van der Waals surface area contributed by atoms with Gasteiger partial charge in [0.25, 0.3) is 0 Å². The summed E-state index contributed by atoms with van der Waals surface area (Å²) in [7, 11) is 0. The number of nitrogens with one attached hydrogen (secondary N) is 2. The van der Waals surface area contributed by atoms with Crippen molar-refractivity contribution in [3.63, 3.8) is 0 Å². The third kappa shape index (κ3) is 4.99. The molecule has 1 aliphatic carbocycles. The maximum Gasteiger partial charge on any atom is 0.407 e. The Morgan fingerprint density at radius 3 is 2.26 bits per heavy atom. The van der Waals surface area contributed by atoms with Crippen LogP contribution in [-0.4, -0.2) is 35.7 Å². The van der Waals surface area contributed by atoms with E-state index in [4.69, 9.17) is 16.3 Å². The van der Waals surface area contributed by atoms with E-state index in [1.165, 1.54) is 0 Å². The van der Waals surface area contributed by atoms with Gasteiger partial charge in [-0.3, -0.25) is 4.79 Å². The lowest BCUT2D eigenvalue weighted by Gasteiger charge is -2.18. The molecular weight excluding hydrogens is 451 g/mol. The van der Waals surface area contributed by atoms with Crippen molar-refractivity contribution in [3.05, 3.63) is 89.2 Å². The number of benzene rings is 3. The number of carboxylic acids is 1. The van der Waals surface area contributed by atoms with Crippen LogP contribution in [0.4, 0.5) is 14.9 Å². The molecule has 2 amide bonds. The van der Waals surface area contributed by atoms with Crippen molar-refractivity contribution in [1.82, 2.24) is 5.32 Å². The fraction of sp³-hybridized carbons (Fsp3) is 0.148. The van der Waals surface area contributed by atoms with Crippen LogP contribution in [0.2, 0.25) is 0 Å². The summed E-state index contributed by atoms with van der Waals surface area (Å²) in [6, 6.07) is 17.5. The van der Waals surface area contributed by atoms with Crippen molar-refractivity contribution in [2.45, 2.75) is 18.4 Å². The van der Waals surface area contributed by atoms with E-state index < -0.39 is 29.8 Å². The molecule has 0 spiro atoms. The standard InChI is InChI=1S/C27H21FN2O5/c1-2-7-23(25(31)29-24-14-16(26(32)33)12-13-22(24)28)30-27(34)35-15-21-19-10-5-3-8-17(19)18-9-4-6-11-20(18)21/h1,3-6,8-14,21,23H,7,15H2,(H,29,31)(H,30,34)(H,32,33). The van der Waals surface area contributed by atoms with E-state index in [-0.39, 0.29) is 30.2 Å². The molecule has 0 bridgehead atoms. The zero-order valence-electron chi connectivity index (χ0n) is 18.5. The van der Waals surface area contributed by atoms with Gasteiger partial charge in [-0.2, -0.15) is 0 Å². The summed E-state index contributed by atoms with van der Waals surface area (Å²) in [4.78, 5) is 36.3. The topological polar surface area (TPSA) is 105 Å². The number of hydrogen-bond donors (Lipinski definition) is 3. The second-order valence-corrected chi connectivity index (χ2v) is 7.92. The van der Waals surface area contributed by atoms with E-state index in [0.717, 1.165) is 40.5 Å². The van der Waals surface area contributed by atoms with Crippen LogP contribution in [0.5, 0.6) is 0 Å². The number of ether oxygens (including phenoxy) is 1. The van der Waals surface area contributed by atoms with Gasteiger partial charge in [0.05, 0.1) is 11.3 Å². The number of aromatic carboxylic acids is 1. The van der Waals surface area contributed by atoms with E-state index in [9.17, 15) is 18.8 Å². The summed E-state index contributed by atoms with van der Waals surface area (Å²) >= 11 is 0. The van der Waals surface area contributed by atoms with Crippen LogP contribution in [0.3, 0.4) is 0 Å². The Labute approximate surface area is 200 Å². The molecule has 0 aromatic heterocycles. The summed E-state index contributed by atoms with van der Waals surface area (Å²) in [5.41, 5.74) is 3.67. The number of alkyl carbamates (subject to hydrolysis) is 1. The summed E-state index contributed by atoms with van der Waals surface area (Å²) in [6.45, 7) is 0.0412. The molecule has 1 atom stereocenters. The van der Waals surface area contributed by atoms with Crippen molar-refractivity contribution in [2.75, 3.05) is 11.9 Å². The first-order valence-electron chi connectivity index (χ1n) is 10.8. The molecular formula is C27H21FN2O5. The fourth-order valence-corrected chi connectivity index (χ4v) is 4.08. The molecule has 0 fully saturated rings. The molecule has 0 saturated heterocycles. The Bertz CT molecular complexity index is 1300. The molecule has 1 unspecified atom stereocenters. The first-order chi connectivity index (χ1) is 16.9. The van der Waals surface area contributed by atoms with Gasteiger partial charge in [-0.15, -0.1) is 12.3 Å². The monoisotopic (exact) mass is 472 g/mol. The van der Waals surface area contributed by atoms with E-state index >= 15 is 0 Å². The summed E-state index contributed by atoms with van der Waals surface area (Å²) in [5, 5.41) is 13.8. The van der Waals surface area contributed by atoms with Crippen molar-refractivity contribution in [2.24, 2.45) is 0 Å². The lowest BCUT2D eigenvalue weighted by Crippen LogP contribution is -2.44. The highest BCUT2D eigenvalue weighted by Crippen LogP contribution is 2.44. The number of fused-ring (bicyclic) bond motifs is 3. The molecule has 3 N–H and O–H groups in total. The molecule has 176 valence electrons. The zero-order chi connectivity index (χ0) is 24.9. The largest absolute Gasteiger partial charge is 0.478 e. The molecule has 0 radical (unpaired) electrons. The zero-order valence-corrected chi connectivity index (χ0v) is 18.5. The number of carbonyl (C=O) groups is 3. The van der Waals surface area contributed by atoms with Crippen molar-refractivity contribution in [1.29, 1.82) is 0 Å². The second-order valence-electron chi connectivity index (χ2n) is 7.92. The van der Waals surface area contributed by atoms with Crippen molar-refractivity contribution >= 4 is 23.7 Å². The number of halogens is 1. The third-order valence-corrected chi connectivity index (χ3v) is 5.75. The van der Waals surface area contributed by atoms with Crippen LogP contribution in [0.25, 0.3) is 11.1 Å². The third-order valence-electron chi connectivity index (χ3n) is 5.75. The van der Waals surface area contributed by atoms with Gasteiger partial charge in [-0.25, -0.2) is 14.0 Å². The first kappa shape index (κ1) is 23.5. The minimum atomic E-state index is -1.28. The summed E-state index contributed by atoms with van der Waals surface area (Å²) in [5.74, 6) is -0.795. The number of hydrogen-bond acceptors (Lipinski definition) is 4. The highest BCUT2D eigenvalue weighted by atomic mass is 19.1. The van der Waals surface area contributed by atoms with Crippen LogP contribution >= 0.6 is 0 Å². The van der Waals surface area contributed by atoms with Gasteiger partial charge >= 0.3 is 12.1 Å². The van der Waals surface area contributed by atoms with Gasteiger partial charge in [0.1, 0.15) is 18.5 Å². The molecule has 0 aliphatic heterocycles. The lowest BCUT2D eigenvalue weighted by molar-refractivity contribution is -0.118. The molecule has 4 rings (SSSR count). The molecule has 3 aromatic rings. The molecule has 0 saturated carbocycles. The van der Waals surface area contributed by atoms with E-state index in [1.54, 1.807) is 0 Å². The number of carboxylic acid groups (broad SMARTS) is 1. The smallest absolute Gasteiger partial charge is 0.407 e. The Kier molecular flexibility index (Phi) is 6.78. The Morgan fingerprint density at radius 1 is 1.03 bits per heavy atom.